The van der Waals surface area contributed by atoms with Crippen LogP contribution in [-0.2, 0) is 4.74 Å². The molecule has 0 unspecified atom stereocenters. The molecule has 2 aromatic rings. The Morgan fingerprint density at radius 1 is 1.41 bits per heavy atom. The molecule has 1 amide bonds. The average molecular weight is 390 g/mol. The maximum Gasteiger partial charge on any atom is 0.273 e. The van der Waals surface area contributed by atoms with Crippen LogP contribution in [0.2, 0.25) is 5.02 Å². The second-order valence-corrected chi connectivity index (χ2v) is 7.74. The first-order chi connectivity index (χ1) is 13.1. The molecule has 2 aliphatic rings. The zero-order valence-corrected chi connectivity index (χ0v) is 16.2. The van der Waals surface area contributed by atoms with Crippen molar-refractivity contribution in [3.8, 4) is 0 Å². The SMILES string of the molecule is Cc1ccc(Cl)cc1N1CC[C@H](CNC(=O)c2ncoc2[C@H]2CCCO2)C1. The Labute approximate surface area is 163 Å². The molecule has 1 aromatic heterocycles. The predicted molar refractivity (Wildman–Crippen MR) is 103 cm³/mol. The zero-order chi connectivity index (χ0) is 18.8. The molecule has 6 nitrogen and oxygen atoms in total. The van der Waals surface area contributed by atoms with Gasteiger partial charge < -0.3 is 19.4 Å². The summed E-state index contributed by atoms with van der Waals surface area (Å²) in [5.41, 5.74) is 2.74. The molecule has 2 fully saturated rings. The quantitative estimate of drug-likeness (QED) is 0.843. The van der Waals surface area contributed by atoms with Crippen LogP contribution in [0.25, 0.3) is 0 Å². The third kappa shape index (κ3) is 3.96. The molecule has 144 valence electrons. The number of aromatic nitrogens is 1. The van der Waals surface area contributed by atoms with Gasteiger partial charge >= 0.3 is 0 Å². The number of carbonyl (C=O) groups excluding carboxylic acids is 1. The van der Waals surface area contributed by atoms with Crippen molar-refractivity contribution in [2.45, 2.75) is 32.3 Å². The van der Waals surface area contributed by atoms with Gasteiger partial charge in [0.25, 0.3) is 5.91 Å². The number of anilines is 1. The Bertz CT molecular complexity index is 817. The fourth-order valence-electron chi connectivity index (χ4n) is 3.90. The van der Waals surface area contributed by atoms with Gasteiger partial charge in [0.05, 0.1) is 0 Å². The summed E-state index contributed by atoms with van der Waals surface area (Å²) in [7, 11) is 0. The molecule has 0 spiro atoms. The van der Waals surface area contributed by atoms with Crippen molar-refractivity contribution in [1.29, 1.82) is 0 Å². The molecule has 2 atom stereocenters. The van der Waals surface area contributed by atoms with Gasteiger partial charge in [-0.2, -0.15) is 0 Å². The van der Waals surface area contributed by atoms with E-state index in [4.69, 9.17) is 20.8 Å². The Balaban J connectivity index is 1.34. The molecule has 4 rings (SSSR count). The third-order valence-electron chi connectivity index (χ3n) is 5.38. The number of benzene rings is 1. The van der Waals surface area contributed by atoms with Gasteiger partial charge in [-0.15, -0.1) is 0 Å². The van der Waals surface area contributed by atoms with Crippen molar-refractivity contribution in [3.05, 3.63) is 46.6 Å². The lowest BCUT2D eigenvalue weighted by atomic mass is 10.1. The number of rotatable bonds is 5. The highest BCUT2D eigenvalue weighted by Gasteiger charge is 2.29. The Morgan fingerprint density at radius 2 is 2.30 bits per heavy atom. The van der Waals surface area contributed by atoms with Crippen molar-refractivity contribution in [2.24, 2.45) is 5.92 Å². The number of carbonyl (C=O) groups is 1. The van der Waals surface area contributed by atoms with Crippen LogP contribution in [-0.4, -0.2) is 37.1 Å². The van der Waals surface area contributed by atoms with Gasteiger partial charge in [0.1, 0.15) is 6.10 Å². The monoisotopic (exact) mass is 389 g/mol. The Hall–Kier alpha value is -2.05. The van der Waals surface area contributed by atoms with E-state index in [9.17, 15) is 4.79 Å². The molecule has 1 N–H and O–H groups in total. The van der Waals surface area contributed by atoms with E-state index in [1.807, 2.05) is 18.2 Å². The number of ether oxygens (including phenoxy) is 1. The number of aryl methyl sites for hydroxylation is 1. The number of amides is 1. The summed E-state index contributed by atoms with van der Waals surface area (Å²) in [6, 6.07) is 5.98. The summed E-state index contributed by atoms with van der Waals surface area (Å²) in [6.45, 7) is 5.28. The van der Waals surface area contributed by atoms with Gasteiger partial charge in [-0.1, -0.05) is 17.7 Å². The second kappa shape index (κ2) is 7.90. The van der Waals surface area contributed by atoms with Crippen LogP contribution in [0.3, 0.4) is 0 Å². The van der Waals surface area contributed by atoms with Gasteiger partial charge in [-0.3, -0.25) is 4.79 Å². The van der Waals surface area contributed by atoms with Crippen LogP contribution in [0, 0.1) is 12.8 Å². The summed E-state index contributed by atoms with van der Waals surface area (Å²) in [4.78, 5) is 19.0. The first-order valence-electron chi connectivity index (χ1n) is 9.46. The van der Waals surface area contributed by atoms with E-state index in [0.717, 1.165) is 37.4 Å². The topological polar surface area (TPSA) is 67.6 Å². The summed E-state index contributed by atoms with van der Waals surface area (Å²) in [5.74, 6) is 0.754. The van der Waals surface area contributed by atoms with Crippen molar-refractivity contribution in [2.75, 3.05) is 31.1 Å². The molecule has 27 heavy (non-hydrogen) atoms. The lowest BCUT2D eigenvalue weighted by Crippen LogP contribution is -2.32. The molecule has 2 saturated heterocycles. The van der Waals surface area contributed by atoms with E-state index in [1.54, 1.807) is 0 Å². The van der Waals surface area contributed by atoms with E-state index in [0.29, 0.717) is 30.5 Å². The Morgan fingerprint density at radius 3 is 3.11 bits per heavy atom. The second-order valence-electron chi connectivity index (χ2n) is 7.31. The number of nitrogens with zero attached hydrogens (tertiary/aromatic N) is 2. The highest BCUT2D eigenvalue weighted by Crippen LogP contribution is 2.31. The van der Waals surface area contributed by atoms with Crippen molar-refractivity contribution in [1.82, 2.24) is 10.3 Å². The molecule has 0 aliphatic carbocycles. The number of halogens is 1. The minimum atomic E-state index is -0.188. The van der Waals surface area contributed by atoms with Crippen LogP contribution < -0.4 is 10.2 Å². The first-order valence-corrected chi connectivity index (χ1v) is 9.84. The number of nitrogens with one attached hydrogen (secondary N) is 1. The molecular formula is C20H24ClN3O3. The fourth-order valence-corrected chi connectivity index (χ4v) is 4.07. The number of hydrogen-bond acceptors (Lipinski definition) is 5. The van der Waals surface area contributed by atoms with E-state index in [-0.39, 0.29) is 12.0 Å². The number of oxazole rings is 1. The molecule has 1 aromatic carbocycles. The summed E-state index contributed by atoms with van der Waals surface area (Å²) < 4.78 is 11.0. The molecule has 0 saturated carbocycles. The smallest absolute Gasteiger partial charge is 0.273 e. The largest absolute Gasteiger partial charge is 0.445 e. The van der Waals surface area contributed by atoms with Crippen LogP contribution in [0.1, 0.15) is 47.2 Å². The van der Waals surface area contributed by atoms with Crippen LogP contribution >= 0.6 is 11.6 Å². The average Bonchev–Trinajstić information content (AvgIpc) is 3.41. The third-order valence-corrected chi connectivity index (χ3v) is 5.62. The maximum absolute atomic E-state index is 12.6. The maximum atomic E-state index is 12.6. The van der Waals surface area contributed by atoms with Gasteiger partial charge in [-0.05, 0) is 49.8 Å². The van der Waals surface area contributed by atoms with Gasteiger partial charge in [0.2, 0.25) is 0 Å². The molecule has 0 bridgehead atoms. The van der Waals surface area contributed by atoms with Crippen molar-refractivity contribution < 1.29 is 13.9 Å². The van der Waals surface area contributed by atoms with Gasteiger partial charge in [0.15, 0.2) is 17.8 Å². The molecule has 2 aliphatic heterocycles. The molecule has 7 heteroatoms. The highest BCUT2D eigenvalue weighted by atomic mass is 35.5. The van der Waals surface area contributed by atoms with E-state index < -0.39 is 0 Å². The standard InChI is InChI=1S/C20H24ClN3O3/c1-13-4-5-15(21)9-16(13)24-7-6-14(11-24)10-22-20(25)18-19(27-12-23-18)17-3-2-8-26-17/h4-5,9,12,14,17H,2-3,6-8,10-11H2,1H3,(H,22,25)/t14-,17-/m1/s1. The first kappa shape index (κ1) is 18.3. The van der Waals surface area contributed by atoms with Crippen LogP contribution in [0.4, 0.5) is 5.69 Å². The van der Waals surface area contributed by atoms with Crippen molar-refractivity contribution in [3.63, 3.8) is 0 Å². The van der Waals surface area contributed by atoms with Crippen LogP contribution in [0.5, 0.6) is 0 Å². The summed E-state index contributed by atoms with van der Waals surface area (Å²) >= 11 is 6.15. The predicted octanol–water partition coefficient (Wildman–Crippen LogP) is 3.74. The Kier molecular flexibility index (Phi) is 5.36. The lowest BCUT2D eigenvalue weighted by Gasteiger charge is -2.21. The fraction of sp³-hybridized carbons (Fsp3) is 0.500. The lowest BCUT2D eigenvalue weighted by molar-refractivity contribution is 0.0859. The van der Waals surface area contributed by atoms with Gasteiger partial charge in [0, 0.05) is 37.0 Å². The zero-order valence-electron chi connectivity index (χ0n) is 15.4. The molecule has 3 heterocycles. The van der Waals surface area contributed by atoms with Crippen molar-refractivity contribution >= 4 is 23.2 Å². The molecule has 0 radical (unpaired) electrons. The van der Waals surface area contributed by atoms with E-state index in [2.05, 4.69) is 22.1 Å². The summed E-state index contributed by atoms with van der Waals surface area (Å²) in [5, 5.41) is 3.77. The van der Waals surface area contributed by atoms with E-state index >= 15 is 0 Å². The number of hydrogen-bond donors (Lipinski definition) is 1. The summed E-state index contributed by atoms with van der Waals surface area (Å²) in [6.07, 6.45) is 4.05. The van der Waals surface area contributed by atoms with Gasteiger partial charge in [-0.25, -0.2) is 4.98 Å². The van der Waals surface area contributed by atoms with E-state index in [1.165, 1.54) is 17.6 Å². The van der Waals surface area contributed by atoms with Crippen LogP contribution in [0.15, 0.2) is 29.0 Å². The minimum absolute atomic E-state index is 0.152. The molecular weight excluding hydrogens is 366 g/mol. The minimum Gasteiger partial charge on any atom is -0.445 e. The normalized spacial score (nSPS) is 22.4. The highest BCUT2D eigenvalue weighted by molar-refractivity contribution is 6.30.